The number of hydrogen-bond donors (Lipinski definition) is 0. The number of carbonyl (C=O) groups excluding carboxylic acids is 2. The van der Waals surface area contributed by atoms with Gasteiger partial charge in [-0.1, -0.05) is 6.07 Å². The van der Waals surface area contributed by atoms with Crippen LogP contribution in [-0.4, -0.2) is 28.9 Å². The van der Waals surface area contributed by atoms with Gasteiger partial charge in [-0.3, -0.25) is 9.59 Å². The van der Waals surface area contributed by atoms with Crippen LogP contribution in [0.5, 0.6) is 11.5 Å². The van der Waals surface area contributed by atoms with Gasteiger partial charge in [0.15, 0.2) is 11.5 Å². The monoisotopic (exact) mass is 258 g/mol. The minimum Gasteiger partial charge on any atom is -0.454 e. The summed E-state index contributed by atoms with van der Waals surface area (Å²) in [5, 5.41) is 0. The molecular weight excluding hydrogens is 248 g/mol. The maximum absolute atomic E-state index is 11.7. The van der Waals surface area contributed by atoms with Gasteiger partial charge in [0, 0.05) is 12.8 Å². The Hall–Kier alpha value is -2.46. The summed E-state index contributed by atoms with van der Waals surface area (Å²) < 4.78 is 10.5. The molecule has 1 heterocycles. The van der Waals surface area contributed by atoms with Crippen LogP contribution in [0.4, 0.5) is 0 Å². The Balaban J connectivity index is 1.90. The van der Waals surface area contributed by atoms with Crippen molar-refractivity contribution < 1.29 is 23.9 Å². The van der Waals surface area contributed by atoms with E-state index in [4.69, 9.17) is 15.0 Å². The van der Waals surface area contributed by atoms with Crippen molar-refractivity contribution in [2.45, 2.75) is 18.8 Å². The Morgan fingerprint density at radius 2 is 1.79 bits per heavy atom. The van der Waals surface area contributed by atoms with Gasteiger partial charge in [0.1, 0.15) is 0 Å². The van der Waals surface area contributed by atoms with Gasteiger partial charge < -0.3 is 15.0 Å². The van der Waals surface area contributed by atoms with Gasteiger partial charge in [-0.05, 0) is 23.6 Å². The zero-order valence-electron chi connectivity index (χ0n) is 9.96. The van der Waals surface area contributed by atoms with E-state index < -0.39 is 11.6 Å². The summed E-state index contributed by atoms with van der Waals surface area (Å²) >= 11 is 0. The highest BCUT2D eigenvalue weighted by atomic mass is 16.7. The largest absolute Gasteiger partial charge is 0.454 e. The summed E-state index contributed by atoms with van der Waals surface area (Å²) in [5.41, 5.74) is 9.13. The molecule has 0 aromatic heterocycles. The number of Topliss-reactive ketones (excluding diaryl/α,β-unsaturated/α-hetero) is 2. The van der Waals surface area contributed by atoms with Crippen molar-refractivity contribution >= 4 is 17.3 Å². The summed E-state index contributed by atoms with van der Waals surface area (Å²) in [7, 11) is 0. The van der Waals surface area contributed by atoms with Crippen molar-refractivity contribution in [1.29, 1.82) is 0 Å². The fraction of sp³-hybridized carbons (Fsp3) is 0.308. The molecule has 0 radical (unpaired) electrons. The Kier molecular flexibility index (Phi) is 2.65. The van der Waals surface area contributed by atoms with Crippen LogP contribution in [0.15, 0.2) is 18.2 Å². The van der Waals surface area contributed by atoms with Gasteiger partial charge in [-0.2, -0.15) is 4.79 Å². The van der Waals surface area contributed by atoms with Gasteiger partial charge in [0.05, 0.1) is 0 Å². The van der Waals surface area contributed by atoms with Gasteiger partial charge in [0.2, 0.25) is 18.4 Å². The van der Waals surface area contributed by atoms with E-state index in [0.29, 0.717) is 11.5 Å². The number of ketones is 2. The molecule has 1 aromatic rings. The third-order valence-electron chi connectivity index (χ3n) is 3.36. The van der Waals surface area contributed by atoms with Crippen molar-refractivity contribution in [1.82, 2.24) is 0 Å². The van der Waals surface area contributed by atoms with Crippen LogP contribution >= 0.6 is 0 Å². The second-order valence-electron chi connectivity index (χ2n) is 4.51. The SMILES string of the molecule is [N-]=[N+]=C1C(=O)CC(c2ccc3c(c2)OCO3)CC1=O. The topological polar surface area (TPSA) is 89.0 Å². The van der Waals surface area contributed by atoms with Gasteiger partial charge >= 0.3 is 5.71 Å². The number of ether oxygens (including phenoxy) is 2. The molecule has 0 N–H and O–H groups in total. The van der Waals surface area contributed by atoms with Crippen LogP contribution in [0.2, 0.25) is 0 Å². The van der Waals surface area contributed by atoms with E-state index in [1.165, 1.54) is 0 Å². The molecule has 1 aromatic carbocycles. The predicted octanol–water partition coefficient (Wildman–Crippen LogP) is 1.10. The number of hydrogen-bond acceptors (Lipinski definition) is 4. The molecule has 1 aliphatic heterocycles. The lowest BCUT2D eigenvalue weighted by Crippen LogP contribution is -2.33. The maximum Gasteiger partial charge on any atom is 0.400 e. The summed E-state index contributed by atoms with van der Waals surface area (Å²) in [6, 6.07) is 5.37. The predicted molar refractivity (Wildman–Crippen MR) is 63.2 cm³/mol. The quantitative estimate of drug-likeness (QED) is 0.557. The highest BCUT2D eigenvalue weighted by molar-refractivity contribution is 6.65. The van der Waals surface area contributed by atoms with Crippen LogP contribution in [0.1, 0.15) is 24.3 Å². The van der Waals surface area contributed by atoms with E-state index in [-0.39, 0.29) is 31.3 Å². The molecule has 6 nitrogen and oxygen atoms in total. The lowest BCUT2D eigenvalue weighted by Gasteiger charge is -2.18. The molecular formula is C13H10N2O4. The fourth-order valence-electron chi connectivity index (χ4n) is 2.38. The number of carbonyl (C=O) groups is 2. The molecule has 1 saturated carbocycles. The first-order valence-electron chi connectivity index (χ1n) is 5.87. The average Bonchev–Trinajstić information content (AvgIpc) is 2.85. The molecule has 0 spiro atoms. The molecule has 1 aliphatic carbocycles. The Bertz CT molecular complexity index is 612. The van der Waals surface area contributed by atoms with E-state index >= 15 is 0 Å². The van der Waals surface area contributed by atoms with Crippen molar-refractivity contribution in [2.24, 2.45) is 0 Å². The Morgan fingerprint density at radius 3 is 2.47 bits per heavy atom. The summed E-state index contributed by atoms with van der Waals surface area (Å²) in [4.78, 5) is 26.1. The van der Waals surface area contributed by atoms with Crippen molar-refractivity contribution in [3.63, 3.8) is 0 Å². The summed E-state index contributed by atoms with van der Waals surface area (Å²) in [5.74, 6) is 0.219. The molecule has 0 saturated heterocycles. The van der Waals surface area contributed by atoms with Crippen LogP contribution < -0.4 is 9.47 Å². The molecule has 19 heavy (non-hydrogen) atoms. The minimum atomic E-state index is -0.429. The van der Waals surface area contributed by atoms with Gasteiger partial charge in [-0.25, -0.2) is 0 Å². The standard InChI is InChI=1S/C13H10N2O4/c14-15-13-9(16)3-8(4-10(13)17)7-1-2-11-12(5-7)19-6-18-11/h1-2,5,8H,3-4,6H2. The first-order chi connectivity index (χ1) is 9.19. The first kappa shape index (κ1) is 11.6. The van der Waals surface area contributed by atoms with Crippen LogP contribution in [0, 0.1) is 0 Å². The smallest absolute Gasteiger partial charge is 0.400 e. The zero-order valence-corrected chi connectivity index (χ0v) is 9.96. The molecule has 3 rings (SSSR count). The summed E-state index contributed by atoms with van der Waals surface area (Å²) in [6.07, 6.45) is 0.315. The Morgan fingerprint density at radius 1 is 1.11 bits per heavy atom. The van der Waals surface area contributed by atoms with Crippen molar-refractivity contribution in [3.8, 4) is 11.5 Å². The molecule has 1 fully saturated rings. The highest BCUT2D eigenvalue weighted by Crippen LogP contribution is 2.37. The van der Waals surface area contributed by atoms with Gasteiger partial charge in [-0.15, -0.1) is 0 Å². The van der Waals surface area contributed by atoms with Crippen molar-refractivity contribution in [3.05, 3.63) is 29.3 Å². The first-order valence-corrected chi connectivity index (χ1v) is 5.87. The molecule has 0 unspecified atom stereocenters. The minimum absolute atomic E-state index is 0.158. The average molecular weight is 258 g/mol. The number of benzene rings is 1. The van der Waals surface area contributed by atoms with Crippen LogP contribution in [0.25, 0.3) is 5.53 Å². The normalized spacial score (nSPS) is 21.5. The van der Waals surface area contributed by atoms with E-state index in [2.05, 4.69) is 4.79 Å². The molecule has 0 bridgehead atoms. The number of fused-ring (bicyclic) bond motifs is 1. The third kappa shape index (κ3) is 1.92. The van der Waals surface area contributed by atoms with E-state index in [9.17, 15) is 9.59 Å². The van der Waals surface area contributed by atoms with Crippen molar-refractivity contribution in [2.75, 3.05) is 6.79 Å². The zero-order chi connectivity index (χ0) is 13.4. The highest BCUT2D eigenvalue weighted by Gasteiger charge is 2.39. The molecule has 0 amide bonds. The molecule has 0 atom stereocenters. The van der Waals surface area contributed by atoms with E-state index in [0.717, 1.165) is 5.56 Å². The second kappa shape index (κ2) is 4.33. The molecule has 2 aliphatic rings. The second-order valence-corrected chi connectivity index (χ2v) is 4.51. The summed E-state index contributed by atoms with van der Waals surface area (Å²) in [6.45, 7) is 0.183. The van der Waals surface area contributed by atoms with E-state index in [1.54, 1.807) is 12.1 Å². The van der Waals surface area contributed by atoms with E-state index in [1.807, 2.05) is 6.07 Å². The van der Waals surface area contributed by atoms with Gasteiger partial charge in [0.25, 0.3) is 0 Å². The lowest BCUT2D eigenvalue weighted by atomic mass is 9.81. The lowest BCUT2D eigenvalue weighted by molar-refractivity contribution is -0.127. The number of nitrogens with zero attached hydrogens (tertiary/aromatic N) is 2. The van der Waals surface area contributed by atoms with Crippen LogP contribution in [-0.2, 0) is 9.59 Å². The molecule has 96 valence electrons. The maximum atomic E-state index is 11.7. The molecule has 6 heteroatoms. The number of rotatable bonds is 1. The Labute approximate surface area is 108 Å². The third-order valence-corrected chi connectivity index (χ3v) is 3.36. The fourth-order valence-corrected chi connectivity index (χ4v) is 2.38. The van der Waals surface area contributed by atoms with Crippen LogP contribution in [0.3, 0.4) is 0 Å².